The Hall–Kier alpha value is -1.96. The number of nitrogens with zero attached hydrogens (tertiary/aromatic N) is 4. The lowest BCUT2D eigenvalue weighted by molar-refractivity contribution is -0.386. The fourth-order valence-corrected chi connectivity index (χ4v) is 2.52. The Labute approximate surface area is 116 Å². The second kappa shape index (κ2) is 5.58. The molecular formula is C12H18N4O4. The van der Waals surface area contributed by atoms with E-state index in [-0.39, 0.29) is 18.1 Å². The highest BCUT2D eigenvalue weighted by Gasteiger charge is 2.26. The molecule has 1 N–H and O–H groups in total. The first-order valence-corrected chi connectivity index (χ1v) is 6.54. The van der Waals surface area contributed by atoms with Gasteiger partial charge in [-0.15, -0.1) is 0 Å². The summed E-state index contributed by atoms with van der Waals surface area (Å²) in [5.41, 5.74) is 0.633. The van der Waals surface area contributed by atoms with Crippen LogP contribution in [0, 0.1) is 24.0 Å². The fourth-order valence-electron chi connectivity index (χ4n) is 2.52. The summed E-state index contributed by atoms with van der Waals surface area (Å²) in [6.07, 6.45) is 0.988. The van der Waals surface area contributed by atoms with Gasteiger partial charge < -0.3 is 10.0 Å². The number of aliphatic hydroxyl groups is 1. The summed E-state index contributed by atoms with van der Waals surface area (Å²) in [5, 5.41) is 24.5. The lowest BCUT2D eigenvalue weighted by Gasteiger charge is -2.30. The smallest absolute Gasteiger partial charge is 0.312 e. The number of aromatic nitrogens is 2. The first kappa shape index (κ1) is 14.4. The Kier molecular flexibility index (Phi) is 4.03. The van der Waals surface area contributed by atoms with Crippen molar-refractivity contribution in [2.24, 2.45) is 0 Å². The summed E-state index contributed by atoms with van der Waals surface area (Å²) < 4.78 is 1.36. The molecule has 1 atom stereocenters. The molecule has 0 aromatic carbocycles. The van der Waals surface area contributed by atoms with E-state index in [1.807, 2.05) is 0 Å². The molecular weight excluding hydrogens is 264 g/mol. The number of hydrogen-bond donors (Lipinski definition) is 1. The van der Waals surface area contributed by atoms with Gasteiger partial charge in [0.25, 0.3) is 0 Å². The second-order valence-electron chi connectivity index (χ2n) is 5.07. The number of aliphatic hydroxyl groups excluding tert-OH is 1. The lowest BCUT2D eigenvalue weighted by Crippen LogP contribution is -2.43. The van der Waals surface area contributed by atoms with E-state index in [2.05, 4.69) is 5.10 Å². The standard InChI is InChI=1S/C12H18N4O4/c1-8-12(16(19)20)9(2)15(13-8)7-11(18)14-5-3-4-10(17)6-14/h10,17H,3-7H2,1-2H3. The zero-order valence-corrected chi connectivity index (χ0v) is 11.6. The van der Waals surface area contributed by atoms with Crippen LogP contribution in [-0.2, 0) is 11.3 Å². The van der Waals surface area contributed by atoms with E-state index in [1.54, 1.807) is 18.7 Å². The van der Waals surface area contributed by atoms with Crippen LogP contribution in [0.25, 0.3) is 0 Å². The maximum atomic E-state index is 12.1. The van der Waals surface area contributed by atoms with Gasteiger partial charge in [0.2, 0.25) is 5.91 Å². The van der Waals surface area contributed by atoms with Crippen LogP contribution in [0.4, 0.5) is 5.69 Å². The second-order valence-corrected chi connectivity index (χ2v) is 5.07. The summed E-state index contributed by atoms with van der Waals surface area (Å²) >= 11 is 0. The number of β-amino-alcohol motifs (C(OH)–C–C–N with tert-alkyl or cyclic N) is 1. The highest BCUT2D eigenvalue weighted by Crippen LogP contribution is 2.22. The molecule has 1 fully saturated rings. The molecule has 0 saturated carbocycles. The predicted molar refractivity (Wildman–Crippen MR) is 70.2 cm³/mol. The van der Waals surface area contributed by atoms with E-state index in [1.165, 1.54) is 4.68 Å². The molecule has 8 nitrogen and oxygen atoms in total. The highest BCUT2D eigenvalue weighted by molar-refractivity contribution is 5.76. The summed E-state index contributed by atoms with van der Waals surface area (Å²) in [6, 6.07) is 0. The number of rotatable bonds is 3. The molecule has 1 saturated heterocycles. The number of nitro groups is 1. The van der Waals surface area contributed by atoms with Gasteiger partial charge in [-0.05, 0) is 26.7 Å². The van der Waals surface area contributed by atoms with Gasteiger partial charge in [0.05, 0.1) is 11.0 Å². The molecule has 8 heteroatoms. The van der Waals surface area contributed by atoms with E-state index >= 15 is 0 Å². The van der Waals surface area contributed by atoms with Gasteiger partial charge in [-0.3, -0.25) is 19.6 Å². The molecule has 1 aliphatic rings. The predicted octanol–water partition coefficient (Wildman–Crippen LogP) is 0.391. The van der Waals surface area contributed by atoms with Gasteiger partial charge in [-0.1, -0.05) is 0 Å². The number of hydrogen-bond acceptors (Lipinski definition) is 5. The van der Waals surface area contributed by atoms with Crippen LogP contribution < -0.4 is 0 Å². The van der Waals surface area contributed by atoms with Crippen LogP contribution in [0.5, 0.6) is 0 Å². The van der Waals surface area contributed by atoms with Gasteiger partial charge in [-0.2, -0.15) is 5.10 Å². The van der Waals surface area contributed by atoms with E-state index < -0.39 is 11.0 Å². The molecule has 0 bridgehead atoms. The lowest BCUT2D eigenvalue weighted by atomic mass is 10.1. The van der Waals surface area contributed by atoms with Gasteiger partial charge in [0, 0.05) is 13.1 Å². The topological polar surface area (TPSA) is 102 Å². The Morgan fingerprint density at radius 2 is 2.25 bits per heavy atom. The third-order valence-electron chi connectivity index (χ3n) is 3.56. The van der Waals surface area contributed by atoms with Crippen molar-refractivity contribution in [3.05, 3.63) is 21.5 Å². The summed E-state index contributed by atoms with van der Waals surface area (Å²) in [6.45, 7) is 4.03. The van der Waals surface area contributed by atoms with Gasteiger partial charge >= 0.3 is 5.69 Å². The van der Waals surface area contributed by atoms with E-state index in [0.29, 0.717) is 30.9 Å². The number of likely N-dealkylation sites (tertiary alicyclic amines) is 1. The minimum Gasteiger partial charge on any atom is -0.391 e. The normalized spacial score (nSPS) is 19.1. The minimum absolute atomic E-state index is 0.0345. The number of aryl methyl sites for hydroxylation is 1. The van der Waals surface area contributed by atoms with Crippen LogP contribution in [0.15, 0.2) is 0 Å². The molecule has 0 spiro atoms. The first-order valence-electron chi connectivity index (χ1n) is 6.54. The van der Waals surface area contributed by atoms with E-state index in [0.717, 1.165) is 6.42 Å². The largest absolute Gasteiger partial charge is 0.391 e. The molecule has 2 rings (SSSR count). The third-order valence-corrected chi connectivity index (χ3v) is 3.56. The molecule has 0 aliphatic carbocycles. The van der Waals surface area contributed by atoms with Crippen LogP contribution in [0.2, 0.25) is 0 Å². The fraction of sp³-hybridized carbons (Fsp3) is 0.667. The van der Waals surface area contributed by atoms with Crippen molar-refractivity contribution < 1.29 is 14.8 Å². The summed E-state index contributed by atoms with van der Waals surface area (Å²) in [4.78, 5) is 24.1. The van der Waals surface area contributed by atoms with Crippen LogP contribution in [0.1, 0.15) is 24.2 Å². The zero-order valence-electron chi connectivity index (χ0n) is 11.6. The number of piperidine rings is 1. The molecule has 1 aromatic heterocycles. The number of amides is 1. The molecule has 110 valence electrons. The highest BCUT2D eigenvalue weighted by atomic mass is 16.6. The van der Waals surface area contributed by atoms with Crippen LogP contribution >= 0.6 is 0 Å². The average molecular weight is 282 g/mol. The Morgan fingerprint density at radius 1 is 1.55 bits per heavy atom. The molecule has 20 heavy (non-hydrogen) atoms. The van der Waals surface area contributed by atoms with Gasteiger partial charge in [0.1, 0.15) is 17.9 Å². The van der Waals surface area contributed by atoms with E-state index in [4.69, 9.17) is 0 Å². The molecule has 0 radical (unpaired) electrons. The monoisotopic (exact) mass is 282 g/mol. The van der Waals surface area contributed by atoms with E-state index in [9.17, 15) is 20.0 Å². The Balaban J connectivity index is 2.12. The third kappa shape index (κ3) is 2.79. The van der Waals surface area contributed by atoms with Crippen molar-refractivity contribution in [1.82, 2.24) is 14.7 Å². The molecule has 1 unspecified atom stereocenters. The quantitative estimate of drug-likeness (QED) is 0.638. The van der Waals surface area contributed by atoms with Crippen molar-refractivity contribution in [3.63, 3.8) is 0 Å². The average Bonchev–Trinajstić information content (AvgIpc) is 2.64. The minimum atomic E-state index is -0.484. The Bertz CT molecular complexity index is 540. The number of carbonyl (C=O) groups is 1. The van der Waals surface area contributed by atoms with Crippen molar-refractivity contribution >= 4 is 11.6 Å². The summed E-state index contributed by atoms with van der Waals surface area (Å²) in [5.74, 6) is -0.177. The Morgan fingerprint density at radius 3 is 2.80 bits per heavy atom. The van der Waals surface area contributed by atoms with Crippen LogP contribution in [0.3, 0.4) is 0 Å². The number of carbonyl (C=O) groups excluding carboxylic acids is 1. The maximum Gasteiger partial charge on any atom is 0.312 e. The van der Waals surface area contributed by atoms with Crippen LogP contribution in [-0.4, -0.2) is 49.8 Å². The summed E-state index contributed by atoms with van der Waals surface area (Å²) in [7, 11) is 0. The molecule has 2 heterocycles. The molecule has 1 aromatic rings. The molecule has 1 aliphatic heterocycles. The zero-order chi connectivity index (χ0) is 14.9. The van der Waals surface area contributed by atoms with Crippen molar-refractivity contribution in [1.29, 1.82) is 0 Å². The first-order chi connectivity index (χ1) is 9.40. The van der Waals surface area contributed by atoms with Crippen molar-refractivity contribution in [2.45, 2.75) is 39.3 Å². The van der Waals surface area contributed by atoms with Gasteiger partial charge in [0.15, 0.2) is 0 Å². The van der Waals surface area contributed by atoms with Gasteiger partial charge in [-0.25, -0.2) is 0 Å². The molecule has 1 amide bonds. The van der Waals surface area contributed by atoms with Crippen molar-refractivity contribution in [2.75, 3.05) is 13.1 Å². The SMILES string of the molecule is Cc1nn(CC(=O)N2CCCC(O)C2)c(C)c1[N+](=O)[O-]. The van der Waals surface area contributed by atoms with Crippen molar-refractivity contribution in [3.8, 4) is 0 Å². The maximum absolute atomic E-state index is 12.1.